The summed E-state index contributed by atoms with van der Waals surface area (Å²) in [7, 11) is -2.26. The molecule has 3 aromatic rings. The van der Waals surface area contributed by atoms with Crippen LogP contribution in [0.1, 0.15) is 17.9 Å². The molecule has 0 saturated carbocycles. The SMILES string of the molecule is CNS(=O)(=O)c1cc(NC(=O)CCc2nnc(-c3ccccc3)o2)ccc1C. The Morgan fingerprint density at radius 2 is 1.86 bits per heavy atom. The number of anilines is 1. The lowest BCUT2D eigenvalue weighted by Gasteiger charge is -2.10. The van der Waals surface area contributed by atoms with Crippen molar-refractivity contribution in [3.63, 3.8) is 0 Å². The number of nitrogens with zero attached hydrogens (tertiary/aromatic N) is 2. The van der Waals surface area contributed by atoms with Gasteiger partial charge in [-0.25, -0.2) is 13.1 Å². The second kappa shape index (κ2) is 8.32. The van der Waals surface area contributed by atoms with Crippen LogP contribution in [0.25, 0.3) is 11.5 Å². The Kier molecular flexibility index (Phi) is 5.86. The quantitative estimate of drug-likeness (QED) is 0.630. The predicted octanol–water partition coefficient (Wildman–Crippen LogP) is 2.52. The van der Waals surface area contributed by atoms with Gasteiger partial charge in [-0.05, 0) is 43.8 Å². The summed E-state index contributed by atoms with van der Waals surface area (Å²) in [6.45, 7) is 1.69. The summed E-state index contributed by atoms with van der Waals surface area (Å²) < 4.78 is 31.9. The minimum atomic E-state index is -3.60. The van der Waals surface area contributed by atoms with E-state index in [1.165, 1.54) is 13.1 Å². The maximum absolute atomic E-state index is 12.2. The highest BCUT2D eigenvalue weighted by molar-refractivity contribution is 7.89. The fourth-order valence-electron chi connectivity index (χ4n) is 2.57. The number of nitrogens with one attached hydrogen (secondary N) is 2. The summed E-state index contributed by atoms with van der Waals surface area (Å²) in [5.41, 5.74) is 1.80. The van der Waals surface area contributed by atoms with Gasteiger partial charge in [-0.2, -0.15) is 0 Å². The molecule has 0 aliphatic rings. The van der Waals surface area contributed by atoms with E-state index in [9.17, 15) is 13.2 Å². The smallest absolute Gasteiger partial charge is 0.247 e. The molecule has 3 rings (SSSR count). The standard InChI is InChI=1S/C19H20N4O4S/c1-13-8-9-15(12-16(13)28(25,26)20-2)21-17(24)10-11-18-22-23-19(27-18)14-6-4-3-5-7-14/h3-9,12,20H,10-11H2,1-2H3,(H,21,24). The second-order valence-corrected chi connectivity index (χ2v) is 7.96. The average Bonchev–Trinajstić information content (AvgIpc) is 3.17. The molecule has 9 heteroatoms. The van der Waals surface area contributed by atoms with Crippen molar-refractivity contribution in [2.75, 3.05) is 12.4 Å². The lowest BCUT2D eigenvalue weighted by Crippen LogP contribution is -2.20. The van der Waals surface area contributed by atoms with Gasteiger partial charge in [-0.15, -0.1) is 10.2 Å². The second-order valence-electron chi connectivity index (χ2n) is 6.10. The molecule has 0 spiro atoms. The number of benzene rings is 2. The zero-order valence-corrected chi connectivity index (χ0v) is 16.3. The van der Waals surface area contributed by atoms with E-state index in [4.69, 9.17) is 4.42 Å². The van der Waals surface area contributed by atoms with Gasteiger partial charge < -0.3 is 9.73 Å². The first kappa shape index (κ1) is 19.7. The van der Waals surface area contributed by atoms with E-state index < -0.39 is 10.0 Å². The molecule has 0 bridgehead atoms. The number of aryl methyl sites for hydroxylation is 2. The Bertz CT molecular complexity index is 1080. The number of aromatic nitrogens is 2. The summed E-state index contributed by atoms with van der Waals surface area (Å²) in [5.74, 6) is 0.476. The summed E-state index contributed by atoms with van der Waals surface area (Å²) in [5, 5.41) is 10.6. The van der Waals surface area contributed by atoms with Gasteiger partial charge in [0, 0.05) is 24.1 Å². The number of hydrogen-bond donors (Lipinski definition) is 2. The van der Waals surface area contributed by atoms with Crippen LogP contribution in [0.3, 0.4) is 0 Å². The fourth-order valence-corrected chi connectivity index (χ4v) is 3.57. The van der Waals surface area contributed by atoms with Gasteiger partial charge in [0.1, 0.15) is 0 Å². The topological polar surface area (TPSA) is 114 Å². The van der Waals surface area contributed by atoms with Crippen LogP contribution in [0.4, 0.5) is 5.69 Å². The lowest BCUT2D eigenvalue weighted by molar-refractivity contribution is -0.116. The van der Waals surface area contributed by atoms with Crippen molar-refractivity contribution in [2.24, 2.45) is 0 Å². The predicted molar refractivity (Wildman–Crippen MR) is 104 cm³/mol. The molecule has 0 saturated heterocycles. The van der Waals surface area contributed by atoms with E-state index in [1.54, 1.807) is 19.1 Å². The van der Waals surface area contributed by atoms with Crippen LogP contribution < -0.4 is 10.0 Å². The molecule has 1 heterocycles. The molecule has 0 unspecified atom stereocenters. The maximum atomic E-state index is 12.2. The molecule has 2 N–H and O–H groups in total. The minimum Gasteiger partial charge on any atom is -0.421 e. The van der Waals surface area contributed by atoms with Crippen LogP contribution >= 0.6 is 0 Å². The molecule has 146 valence electrons. The van der Waals surface area contributed by atoms with E-state index in [1.807, 2.05) is 30.3 Å². The van der Waals surface area contributed by atoms with Crippen molar-refractivity contribution in [1.29, 1.82) is 0 Å². The van der Waals surface area contributed by atoms with E-state index in [0.717, 1.165) is 5.56 Å². The normalized spacial score (nSPS) is 11.4. The zero-order chi connectivity index (χ0) is 20.1. The third kappa shape index (κ3) is 4.62. The number of rotatable bonds is 7. The largest absolute Gasteiger partial charge is 0.421 e. The highest BCUT2D eigenvalue weighted by Crippen LogP contribution is 2.21. The van der Waals surface area contributed by atoms with Gasteiger partial charge in [-0.1, -0.05) is 24.3 Å². The molecular weight excluding hydrogens is 380 g/mol. The van der Waals surface area contributed by atoms with Crippen LogP contribution in [0.15, 0.2) is 57.8 Å². The number of carbonyl (C=O) groups is 1. The lowest BCUT2D eigenvalue weighted by atomic mass is 10.2. The molecule has 0 aliphatic heterocycles. The Hall–Kier alpha value is -3.04. The van der Waals surface area contributed by atoms with E-state index in [0.29, 0.717) is 23.0 Å². The van der Waals surface area contributed by atoms with E-state index in [2.05, 4.69) is 20.2 Å². The highest BCUT2D eigenvalue weighted by Gasteiger charge is 2.16. The summed E-state index contributed by atoms with van der Waals surface area (Å²) in [4.78, 5) is 12.3. The summed E-state index contributed by atoms with van der Waals surface area (Å²) in [6.07, 6.45) is 0.400. The van der Waals surface area contributed by atoms with Gasteiger partial charge in [0.25, 0.3) is 0 Å². The number of hydrogen-bond acceptors (Lipinski definition) is 6. The molecule has 0 radical (unpaired) electrons. The van der Waals surface area contributed by atoms with Crippen molar-refractivity contribution >= 4 is 21.6 Å². The molecule has 28 heavy (non-hydrogen) atoms. The van der Waals surface area contributed by atoms with Crippen LogP contribution in [-0.4, -0.2) is 31.6 Å². The first-order chi connectivity index (χ1) is 13.4. The third-order valence-corrected chi connectivity index (χ3v) is 5.64. The third-order valence-electron chi connectivity index (χ3n) is 4.08. The van der Waals surface area contributed by atoms with Crippen LogP contribution in [0, 0.1) is 6.92 Å². The van der Waals surface area contributed by atoms with Crippen molar-refractivity contribution in [1.82, 2.24) is 14.9 Å². The molecule has 0 fully saturated rings. The molecule has 2 aromatic carbocycles. The molecule has 0 aliphatic carbocycles. The van der Waals surface area contributed by atoms with Gasteiger partial charge in [0.05, 0.1) is 4.90 Å². The monoisotopic (exact) mass is 400 g/mol. The molecular formula is C19H20N4O4S. The Morgan fingerprint density at radius 3 is 2.57 bits per heavy atom. The Balaban J connectivity index is 1.62. The zero-order valence-electron chi connectivity index (χ0n) is 15.5. The van der Waals surface area contributed by atoms with Crippen LogP contribution in [0.2, 0.25) is 0 Å². The van der Waals surface area contributed by atoms with Gasteiger partial charge >= 0.3 is 0 Å². The molecule has 1 amide bonds. The van der Waals surface area contributed by atoms with Crippen molar-refractivity contribution in [3.05, 3.63) is 60.0 Å². The average molecular weight is 400 g/mol. The van der Waals surface area contributed by atoms with E-state index >= 15 is 0 Å². The fraction of sp³-hybridized carbons (Fsp3) is 0.211. The van der Waals surface area contributed by atoms with Gasteiger partial charge in [0.2, 0.25) is 27.7 Å². The number of sulfonamides is 1. The summed E-state index contributed by atoms with van der Waals surface area (Å²) in [6, 6.07) is 14.1. The summed E-state index contributed by atoms with van der Waals surface area (Å²) >= 11 is 0. The van der Waals surface area contributed by atoms with Gasteiger partial charge in [-0.3, -0.25) is 4.79 Å². The number of carbonyl (C=O) groups excluding carboxylic acids is 1. The van der Waals surface area contributed by atoms with Crippen molar-refractivity contribution in [3.8, 4) is 11.5 Å². The Labute approximate surface area is 163 Å². The van der Waals surface area contributed by atoms with Crippen LogP contribution in [0.5, 0.6) is 0 Å². The molecule has 1 aromatic heterocycles. The van der Waals surface area contributed by atoms with Crippen LogP contribution in [-0.2, 0) is 21.2 Å². The first-order valence-corrected chi connectivity index (χ1v) is 10.1. The first-order valence-electron chi connectivity index (χ1n) is 8.61. The minimum absolute atomic E-state index is 0.122. The van der Waals surface area contributed by atoms with Crippen molar-refractivity contribution < 1.29 is 17.6 Å². The van der Waals surface area contributed by atoms with Gasteiger partial charge in [0.15, 0.2) is 0 Å². The maximum Gasteiger partial charge on any atom is 0.247 e. The highest BCUT2D eigenvalue weighted by atomic mass is 32.2. The number of amides is 1. The van der Waals surface area contributed by atoms with E-state index in [-0.39, 0.29) is 23.6 Å². The molecule has 8 nitrogen and oxygen atoms in total. The molecule has 0 atom stereocenters. The Morgan fingerprint density at radius 1 is 1.11 bits per heavy atom. The van der Waals surface area contributed by atoms with Crippen molar-refractivity contribution in [2.45, 2.75) is 24.7 Å².